The molecule has 0 radical (unpaired) electrons. The van der Waals surface area contributed by atoms with E-state index in [9.17, 15) is 26.7 Å². The Bertz CT molecular complexity index is 1460. The van der Waals surface area contributed by atoms with Crippen LogP contribution in [0.25, 0.3) is 6.08 Å². The lowest BCUT2D eigenvalue weighted by atomic mass is 10.1. The summed E-state index contributed by atoms with van der Waals surface area (Å²) >= 11 is 2.37. The number of pyridine rings is 1. The number of hydrogen-bond acceptors (Lipinski definition) is 4. The first-order chi connectivity index (χ1) is 18.5. The molecule has 0 unspecified atom stereocenters. The Labute approximate surface area is 231 Å². The summed E-state index contributed by atoms with van der Waals surface area (Å²) in [5.41, 5.74) is 0.520. The summed E-state index contributed by atoms with van der Waals surface area (Å²) in [7, 11) is 1.75. The molecule has 1 aliphatic heterocycles. The number of carbonyl (C=O) groups is 1. The van der Waals surface area contributed by atoms with Crippen molar-refractivity contribution < 1.29 is 31.3 Å². The van der Waals surface area contributed by atoms with Crippen LogP contribution in [-0.2, 0) is 17.5 Å². The third-order valence-corrected chi connectivity index (χ3v) is 8.67. The van der Waals surface area contributed by atoms with Crippen LogP contribution in [0.5, 0.6) is 0 Å². The smallest absolute Gasteiger partial charge is 0.337 e. The predicted molar refractivity (Wildman–Crippen MR) is 145 cm³/mol. The lowest BCUT2D eigenvalue weighted by molar-refractivity contribution is -0.690. The largest absolute Gasteiger partial charge is 0.416 e. The fourth-order valence-corrected chi connectivity index (χ4v) is 6.45. The zero-order valence-electron chi connectivity index (χ0n) is 21.3. The van der Waals surface area contributed by atoms with Gasteiger partial charge in [-0.3, -0.25) is 4.79 Å². The van der Waals surface area contributed by atoms with Gasteiger partial charge in [0.1, 0.15) is 0 Å². The Kier molecular flexibility index (Phi) is 8.70. The van der Waals surface area contributed by atoms with Gasteiger partial charge in [0.2, 0.25) is 12.1 Å². The molecule has 0 saturated heterocycles. The van der Waals surface area contributed by atoms with E-state index in [2.05, 4.69) is 0 Å². The van der Waals surface area contributed by atoms with E-state index in [1.165, 1.54) is 34.9 Å². The maximum atomic E-state index is 14.4. The summed E-state index contributed by atoms with van der Waals surface area (Å²) in [4.78, 5) is 16.1. The number of alkyl halides is 3. The van der Waals surface area contributed by atoms with E-state index < -0.39 is 23.4 Å². The molecule has 3 aromatic rings. The van der Waals surface area contributed by atoms with Crippen molar-refractivity contribution in [2.24, 2.45) is 0 Å². The van der Waals surface area contributed by atoms with Gasteiger partial charge >= 0.3 is 6.18 Å². The molecule has 4 rings (SSSR count). The van der Waals surface area contributed by atoms with Crippen molar-refractivity contribution in [3.63, 3.8) is 0 Å². The minimum atomic E-state index is -4.49. The number of fused-ring (bicyclic) bond motifs is 1. The molecule has 2 heterocycles. The lowest BCUT2D eigenvalue weighted by Gasteiger charge is -2.21. The third kappa shape index (κ3) is 6.14. The molecule has 0 atom stereocenters. The monoisotopic (exact) mass is 578 g/mol. The Morgan fingerprint density at radius 3 is 2.51 bits per heavy atom. The summed E-state index contributed by atoms with van der Waals surface area (Å²) in [5, 5.41) is 1.20. The summed E-state index contributed by atoms with van der Waals surface area (Å²) in [5.74, 6) is -1.85. The van der Waals surface area contributed by atoms with Crippen molar-refractivity contribution in [2.45, 2.75) is 31.5 Å². The number of hydrogen-bond donors (Lipinski definition) is 0. The van der Waals surface area contributed by atoms with Gasteiger partial charge in [0.15, 0.2) is 24.4 Å². The molecule has 39 heavy (non-hydrogen) atoms. The number of allylic oxidation sites excluding steroid dienone is 1. The Morgan fingerprint density at radius 1 is 1.10 bits per heavy atom. The third-order valence-electron chi connectivity index (χ3n) is 6.11. The highest BCUT2D eigenvalue weighted by Gasteiger charge is 2.34. The minimum Gasteiger partial charge on any atom is -0.337 e. The molecular weight excluding hydrogens is 553 g/mol. The Balaban J connectivity index is 1.72. The van der Waals surface area contributed by atoms with Crippen LogP contribution in [0.15, 0.2) is 80.7 Å². The minimum absolute atomic E-state index is 0.0354. The first-order valence-corrected chi connectivity index (χ1v) is 13.5. The van der Waals surface area contributed by atoms with Gasteiger partial charge in [-0.2, -0.15) is 17.7 Å². The average molecular weight is 579 g/mol. The summed E-state index contributed by atoms with van der Waals surface area (Å²) < 4.78 is 70.7. The Hall–Kier alpha value is -3.31. The van der Waals surface area contributed by atoms with Crippen molar-refractivity contribution in [1.29, 1.82) is 0 Å². The number of benzene rings is 2. The second kappa shape index (κ2) is 11.8. The maximum Gasteiger partial charge on any atom is 0.416 e. The number of anilines is 1. The van der Waals surface area contributed by atoms with E-state index in [4.69, 9.17) is 0 Å². The van der Waals surface area contributed by atoms with Gasteiger partial charge in [0, 0.05) is 42.3 Å². The normalized spacial score (nSPS) is 14.9. The van der Waals surface area contributed by atoms with Gasteiger partial charge in [0.25, 0.3) is 0 Å². The van der Waals surface area contributed by atoms with Crippen LogP contribution in [0, 0.1) is 11.6 Å². The van der Waals surface area contributed by atoms with Gasteiger partial charge in [-0.1, -0.05) is 41.7 Å². The molecule has 0 saturated carbocycles. The van der Waals surface area contributed by atoms with Crippen LogP contribution in [0.1, 0.15) is 30.7 Å². The van der Waals surface area contributed by atoms with Crippen LogP contribution in [-0.4, -0.2) is 24.9 Å². The fourth-order valence-electron chi connectivity index (χ4n) is 4.13. The van der Waals surface area contributed by atoms with E-state index in [0.29, 0.717) is 34.4 Å². The quantitative estimate of drug-likeness (QED) is 0.160. The first-order valence-electron chi connectivity index (χ1n) is 11.9. The molecular formula is C28H25F5N3OS2+. The number of rotatable bonds is 8. The molecule has 0 N–H and O–H groups in total. The molecule has 1 amide bonds. The zero-order valence-corrected chi connectivity index (χ0v) is 22.9. The molecule has 2 aromatic carbocycles. The first kappa shape index (κ1) is 28.7. The molecule has 0 spiro atoms. The van der Waals surface area contributed by atoms with Crippen molar-refractivity contribution in [1.82, 2.24) is 4.90 Å². The van der Waals surface area contributed by atoms with Crippen LogP contribution >= 0.6 is 23.5 Å². The predicted octanol–water partition coefficient (Wildman–Crippen LogP) is 7.26. The molecule has 0 aliphatic carbocycles. The van der Waals surface area contributed by atoms with Gasteiger partial charge in [0.05, 0.1) is 26.2 Å². The Morgan fingerprint density at radius 2 is 1.82 bits per heavy atom. The topological polar surface area (TPSA) is 27.4 Å². The molecule has 11 heteroatoms. The zero-order chi connectivity index (χ0) is 28.3. The number of aromatic nitrogens is 1. The number of amides is 1. The highest BCUT2D eigenvalue weighted by molar-refractivity contribution is 8.09. The average Bonchev–Trinajstić information content (AvgIpc) is 3.24. The maximum absolute atomic E-state index is 14.4. The second-order valence-electron chi connectivity index (χ2n) is 8.62. The van der Waals surface area contributed by atoms with Crippen LogP contribution in [0.4, 0.5) is 27.6 Å². The van der Waals surface area contributed by atoms with Crippen molar-refractivity contribution in [2.75, 3.05) is 18.5 Å². The van der Waals surface area contributed by atoms with Gasteiger partial charge in [-0.25, -0.2) is 8.78 Å². The summed E-state index contributed by atoms with van der Waals surface area (Å²) in [6, 6.07) is 13.2. The van der Waals surface area contributed by atoms with E-state index in [1.807, 2.05) is 6.92 Å². The number of carbonyl (C=O) groups excluding carboxylic acids is 1. The van der Waals surface area contributed by atoms with Gasteiger partial charge in [-0.15, -0.1) is 0 Å². The molecule has 1 aliphatic rings. The van der Waals surface area contributed by atoms with E-state index in [1.54, 1.807) is 60.0 Å². The van der Waals surface area contributed by atoms with Gasteiger partial charge in [-0.05, 0) is 38.1 Å². The molecule has 204 valence electrons. The van der Waals surface area contributed by atoms with Crippen LogP contribution < -0.4 is 9.47 Å². The molecule has 1 aromatic heterocycles. The van der Waals surface area contributed by atoms with E-state index in [0.717, 1.165) is 28.8 Å². The molecule has 0 fully saturated rings. The fraction of sp³-hybridized carbons (Fsp3) is 0.214. The van der Waals surface area contributed by atoms with Gasteiger partial charge < -0.3 is 9.80 Å². The number of nitrogens with zero attached hydrogens (tertiary/aromatic N) is 3. The summed E-state index contributed by atoms with van der Waals surface area (Å²) in [6.45, 7) is 3.92. The van der Waals surface area contributed by atoms with Crippen LogP contribution in [0.3, 0.4) is 0 Å². The molecule has 0 bridgehead atoms. The number of halogens is 5. The highest BCUT2D eigenvalue weighted by atomic mass is 32.2. The lowest BCUT2D eigenvalue weighted by Crippen LogP contribution is -2.38. The van der Waals surface area contributed by atoms with E-state index in [-0.39, 0.29) is 17.0 Å². The standard InChI is InChI=1S/C28H25F5N3OS2/c1-4-35(17-37)24(38-18(2)27-34(3)23-13-12-22(29)25(30)26(23)39-27)15-20-10-7-8-14-36(20)16-19-9-5-6-11-21(19)28(31,32)33/h5-15,17H,4,16H2,1-3H3/q+1/b27-18+. The van der Waals surface area contributed by atoms with Crippen molar-refractivity contribution in [3.05, 3.63) is 104 Å². The van der Waals surface area contributed by atoms with Crippen molar-refractivity contribution in [3.8, 4) is 0 Å². The van der Waals surface area contributed by atoms with Crippen molar-refractivity contribution >= 4 is 41.7 Å². The summed E-state index contributed by atoms with van der Waals surface area (Å²) in [6.07, 6.45) is -0.403. The molecule has 4 nitrogen and oxygen atoms in total. The van der Waals surface area contributed by atoms with Crippen LogP contribution in [0.2, 0.25) is 0 Å². The van der Waals surface area contributed by atoms with E-state index >= 15 is 0 Å². The number of thioether (sulfide) groups is 2. The SMILES string of the molecule is CCN(C=O)/C(=C/c1cccc[n+]1Cc1ccccc1C(F)(F)F)S/C(C)=C1/Sc2c(ccc(F)c2F)N1C. The highest BCUT2D eigenvalue weighted by Crippen LogP contribution is 2.50. The second-order valence-corrected chi connectivity index (χ2v) is 10.9.